The standard InChI is InChI=1S/C12H20Br4/c1-2-11(3-7-13)12(4-8-14,5-9-15)6-10-16/h2,11H,1,3-10H2. The Balaban J connectivity index is 4.85. The first-order valence-electron chi connectivity index (χ1n) is 5.57. The van der Waals surface area contributed by atoms with Crippen molar-refractivity contribution in [1.82, 2.24) is 0 Å². The van der Waals surface area contributed by atoms with Crippen LogP contribution in [0.3, 0.4) is 0 Å². The number of rotatable bonds is 10. The summed E-state index contributed by atoms with van der Waals surface area (Å²) in [5.74, 6) is 0.597. The van der Waals surface area contributed by atoms with Gasteiger partial charge >= 0.3 is 0 Å². The summed E-state index contributed by atoms with van der Waals surface area (Å²) in [6.07, 6.45) is 6.97. The molecule has 0 spiro atoms. The van der Waals surface area contributed by atoms with Gasteiger partial charge in [0.25, 0.3) is 0 Å². The van der Waals surface area contributed by atoms with Crippen molar-refractivity contribution >= 4 is 63.7 Å². The van der Waals surface area contributed by atoms with Gasteiger partial charge in [-0.3, -0.25) is 0 Å². The van der Waals surface area contributed by atoms with Crippen LogP contribution in [0.4, 0.5) is 0 Å². The Morgan fingerprint density at radius 3 is 1.56 bits per heavy atom. The van der Waals surface area contributed by atoms with Crippen LogP contribution in [0.2, 0.25) is 0 Å². The Hall–Kier alpha value is 1.66. The van der Waals surface area contributed by atoms with Gasteiger partial charge in [-0.05, 0) is 37.0 Å². The number of hydrogen-bond donors (Lipinski definition) is 0. The van der Waals surface area contributed by atoms with Crippen LogP contribution in [-0.4, -0.2) is 21.3 Å². The third-order valence-corrected chi connectivity index (χ3v) is 4.92. The van der Waals surface area contributed by atoms with Gasteiger partial charge in [0.1, 0.15) is 0 Å². The van der Waals surface area contributed by atoms with E-state index in [1.807, 2.05) is 0 Å². The van der Waals surface area contributed by atoms with Gasteiger partial charge in [-0.1, -0.05) is 69.8 Å². The minimum absolute atomic E-state index is 0.381. The molecule has 1 unspecified atom stereocenters. The van der Waals surface area contributed by atoms with Gasteiger partial charge in [0, 0.05) is 21.3 Å². The summed E-state index contributed by atoms with van der Waals surface area (Å²) in [5.41, 5.74) is 0.381. The third kappa shape index (κ3) is 5.53. The topological polar surface area (TPSA) is 0 Å². The summed E-state index contributed by atoms with van der Waals surface area (Å²) in [5, 5.41) is 4.26. The van der Waals surface area contributed by atoms with Crippen LogP contribution in [0.25, 0.3) is 0 Å². The molecule has 16 heavy (non-hydrogen) atoms. The van der Waals surface area contributed by atoms with E-state index >= 15 is 0 Å². The molecule has 0 aliphatic rings. The lowest BCUT2D eigenvalue weighted by Crippen LogP contribution is -2.31. The Kier molecular flexibility index (Phi) is 11.7. The van der Waals surface area contributed by atoms with Gasteiger partial charge in [0.05, 0.1) is 0 Å². The van der Waals surface area contributed by atoms with Gasteiger partial charge < -0.3 is 0 Å². The molecule has 0 heterocycles. The maximum absolute atomic E-state index is 4.03. The lowest BCUT2D eigenvalue weighted by atomic mass is 9.68. The van der Waals surface area contributed by atoms with Crippen molar-refractivity contribution in [3.05, 3.63) is 12.7 Å². The second-order valence-electron chi connectivity index (χ2n) is 4.00. The van der Waals surface area contributed by atoms with Gasteiger partial charge in [0.15, 0.2) is 0 Å². The summed E-state index contributed by atoms with van der Waals surface area (Å²) in [6.45, 7) is 4.03. The zero-order chi connectivity index (χ0) is 12.4. The van der Waals surface area contributed by atoms with Gasteiger partial charge in [-0.15, -0.1) is 6.58 Å². The minimum atomic E-state index is 0.381. The van der Waals surface area contributed by atoms with E-state index < -0.39 is 0 Å². The molecule has 0 nitrogen and oxygen atoms in total. The zero-order valence-electron chi connectivity index (χ0n) is 9.53. The molecule has 0 aliphatic heterocycles. The van der Waals surface area contributed by atoms with Crippen LogP contribution in [0.15, 0.2) is 12.7 Å². The Morgan fingerprint density at radius 1 is 0.875 bits per heavy atom. The van der Waals surface area contributed by atoms with Gasteiger partial charge in [-0.2, -0.15) is 0 Å². The predicted molar refractivity (Wildman–Crippen MR) is 89.8 cm³/mol. The number of hydrogen-bond acceptors (Lipinski definition) is 0. The average molecular weight is 484 g/mol. The Bertz CT molecular complexity index is 165. The van der Waals surface area contributed by atoms with Crippen molar-refractivity contribution in [3.8, 4) is 0 Å². The van der Waals surface area contributed by atoms with E-state index in [1.165, 1.54) is 25.7 Å². The first-order valence-corrected chi connectivity index (χ1v) is 10.1. The predicted octanol–water partition coefficient (Wildman–Crippen LogP) is 5.92. The summed E-state index contributed by atoms with van der Waals surface area (Å²) in [7, 11) is 0. The molecular weight excluding hydrogens is 464 g/mol. The monoisotopic (exact) mass is 480 g/mol. The van der Waals surface area contributed by atoms with E-state index in [0.717, 1.165) is 21.3 Å². The van der Waals surface area contributed by atoms with Crippen molar-refractivity contribution in [2.75, 3.05) is 21.3 Å². The van der Waals surface area contributed by atoms with Crippen LogP contribution in [-0.2, 0) is 0 Å². The molecule has 0 radical (unpaired) electrons. The number of alkyl halides is 4. The van der Waals surface area contributed by atoms with Crippen LogP contribution < -0.4 is 0 Å². The third-order valence-electron chi connectivity index (χ3n) is 3.27. The van der Waals surface area contributed by atoms with Crippen LogP contribution in [0.5, 0.6) is 0 Å². The van der Waals surface area contributed by atoms with Crippen molar-refractivity contribution in [1.29, 1.82) is 0 Å². The quantitative estimate of drug-likeness (QED) is 0.267. The maximum atomic E-state index is 4.03. The van der Waals surface area contributed by atoms with Crippen molar-refractivity contribution < 1.29 is 0 Å². The van der Waals surface area contributed by atoms with E-state index in [2.05, 4.69) is 76.4 Å². The smallest absolute Gasteiger partial charge is 0.00371 e. The van der Waals surface area contributed by atoms with Crippen LogP contribution in [0.1, 0.15) is 25.7 Å². The highest BCUT2D eigenvalue weighted by molar-refractivity contribution is 9.09. The molecule has 0 aromatic carbocycles. The summed E-state index contributed by atoms with van der Waals surface area (Å²) in [6, 6.07) is 0. The molecule has 0 aliphatic carbocycles. The van der Waals surface area contributed by atoms with Gasteiger partial charge in [-0.25, -0.2) is 0 Å². The molecule has 0 aromatic heterocycles. The van der Waals surface area contributed by atoms with E-state index in [4.69, 9.17) is 0 Å². The summed E-state index contributed by atoms with van der Waals surface area (Å²) in [4.78, 5) is 0. The van der Waals surface area contributed by atoms with Crippen molar-refractivity contribution in [2.24, 2.45) is 11.3 Å². The van der Waals surface area contributed by atoms with E-state index in [9.17, 15) is 0 Å². The fourth-order valence-electron chi connectivity index (χ4n) is 2.29. The van der Waals surface area contributed by atoms with Crippen molar-refractivity contribution in [2.45, 2.75) is 25.7 Å². The van der Waals surface area contributed by atoms with E-state index in [0.29, 0.717) is 11.3 Å². The molecule has 96 valence electrons. The molecule has 0 saturated heterocycles. The summed E-state index contributed by atoms with van der Waals surface area (Å²) >= 11 is 14.3. The maximum Gasteiger partial charge on any atom is 0.00371 e. The molecule has 1 atom stereocenters. The second kappa shape index (κ2) is 10.6. The first kappa shape index (κ1) is 17.7. The molecule has 0 fully saturated rings. The molecule has 4 heteroatoms. The molecule has 0 rings (SSSR count). The largest absolute Gasteiger partial charge is 0.103 e. The minimum Gasteiger partial charge on any atom is -0.103 e. The normalized spacial score (nSPS) is 13.8. The van der Waals surface area contributed by atoms with E-state index in [-0.39, 0.29) is 0 Å². The lowest BCUT2D eigenvalue weighted by molar-refractivity contribution is 0.174. The molecule has 0 N–H and O–H groups in total. The fourth-order valence-corrected chi connectivity index (χ4v) is 5.15. The van der Waals surface area contributed by atoms with Gasteiger partial charge in [0.2, 0.25) is 0 Å². The van der Waals surface area contributed by atoms with Crippen molar-refractivity contribution in [3.63, 3.8) is 0 Å². The number of halogens is 4. The highest BCUT2D eigenvalue weighted by Gasteiger charge is 2.34. The fraction of sp³-hybridized carbons (Fsp3) is 0.833. The lowest BCUT2D eigenvalue weighted by Gasteiger charge is -2.39. The molecule has 0 amide bonds. The Labute approximate surface area is 134 Å². The SMILES string of the molecule is C=CC(CCBr)C(CCBr)(CCBr)CCBr. The van der Waals surface area contributed by atoms with E-state index in [1.54, 1.807) is 0 Å². The highest BCUT2D eigenvalue weighted by Crippen LogP contribution is 2.43. The summed E-state index contributed by atoms with van der Waals surface area (Å²) < 4.78 is 0. The van der Waals surface area contributed by atoms with Crippen LogP contribution >= 0.6 is 63.7 Å². The van der Waals surface area contributed by atoms with Crippen LogP contribution in [0, 0.1) is 11.3 Å². The number of allylic oxidation sites excluding steroid dienone is 1. The first-order chi connectivity index (χ1) is 7.70. The molecule has 0 bridgehead atoms. The zero-order valence-corrected chi connectivity index (χ0v) is 15.9. The highest BCUT2D eigenvalue weighted by atomic mass is 79.9. The molecule has 0 saturated carbocycles. The molecule has 0 aromatic rings. The Morgan fingerprint density at radius 2 is 1.31 bits per heavy atom. The second-order valence-corrected chi connectivity index (χ2v) is 7.17. The average Bonchev–Trinajstić information content (AvgIpc) is 2.26. The molecular formula is C12H20Br4.